The molecule has 8 heteroatoms. The minimum absolute atomic E-state index is 0.191. The highest BCUT2D eigenvalue weighted by molar-refractivity contribution is 6.09. The van der Waals surface area contributed by atoms with Crippen molar-refractivity contribution in [2.45, 2.75) is 0 Å². The predicted molar refractivity (Wildman–Crippen MR) is 115 cm³/mol. The summed E-state index contributed by atoms with van der Waals surface area (Å²) in [5.74, 6) is -1.01. The van der Waals surface area contributed by atoms with Crippen LogP contribution in [-0.4, -0.2) is 32.1 Å². The van der Waals surface area contributed by atoms with Crippen LogP contribution in [0.15, 0.2) is 70.7 Å². The van der Waals surface area contributed by atoms with Gasteiger partial charge in [0.25, 0.3) is 5.91 Å². The second kappa shape index (κ2) is 9.91. The van der Waals surface area contributed by atoms with Crippen LogP contribution in [0.3, 0.4) is 0 Å². The monoisotopic (exact) mass is 430 g/mol. The molecule has 160 valence electrons. The van der Waals surface area contributed by atoms with Crippen molar-refractivity contribution in [3.8, 4) is 17.4 Å². The third kappa shape index (κ3) is 4.91. The molecule has 3 rings (SSSR count). The number of rotatable bonds is 6. The van der Waals surface area contributed by atoms with Crippen LogP contribution in [0.25, 0.3) is 17.4 Å². The van der Waals surface area contributed by atoms with Crippen LogP contribution >= 0.6 is 0 Å². The van der Waals surface area contributed by atoms with E-state index >= 15 is 0 Å². The van der Waals surface area contributed by atoms with E-state index in [2.05, 4.69) is 10.1 Å². The molecule has 2 aromatic carbocycles. The molecule has 1 aromatic heterocycles. The van der Waals surface area contributed by atoms with E-state index in [0.29, 0.717) is 28.1 Å². The highest BCUT2D eigenvalue weighted by Crippen LogP contribution is 2.27. The summed E-state index contributed by atoms with van der Waals surface area (Å²) in [6.07, 6.45) is 1.29. The Labute approximate surface area is 183 Å². The predicted octanol–water partition coefficient (Wildman–Crippen LogP) is 4.07. The van der Waals surface area contributed by atoms with Crippen molar-refractivity contribution in [3.05, 3.63) is 83.1 Å². The summed E-state index contributed by atoms with van der Waals surface area (Å²) in [6.45, 7) is 0. The number of hydrogen-bond donors (Lipinski definition) is 1. The molecular weight excluding hydrogens is 412 g/mol. The maximum atomic E-state index is 12.5. The van der Waals surface area contributed by atoms with Gasteiger partial charge in [0, 0.05) is 17.3 Å². The van der Waals surface area contributed by atoms with Crippen molar-refractivity contribution >= 4 is 29.6 Å². The molecular formula is C24H18N2O6. The van der Waals surface area contributed by atoms with Gasteiger partial charge in [-0.2, -0.15) is 5.26 Å². The number of carbonyl (C=O) groups excluding carboxylic acids is 3. The Morgan fingerprint density at radius 1 is 0.938 bits per heavy atom. The second-order valence-electron chi connectivity index (χ2n) is 6.43. The Morgan fingerprint density at radius 2 is 1.62 bits per heavy atom. The summed E-state index contributed by atoms with van der Waals surface area (Å²) in [4.78, 5) is 36.0. The number of nitriles is 1. The third-order valence-electron chi connectivity index (χ3n) is 4.44. The smallest absolute Gasteiger partial charge is 0.338 e. The summed E-state index contributed by atoms with van der Waals surface area (Å²) in [5.41, 5.74) is 1.39. The van der Waals surface area contributed by atoms with Crippen LogP contribution < -0.4 is 5.32 Å². The van der Waals surface area contributed by atoms with Crippen molar-refractivity contribution in [1.29, 1.82) is 5.26 Å². The Bertz CT molecular complexity index is 1230. The summed E-state index contributed by atoms with van der Waals surface area (Å²) < 4.78 is 15.1. The molecule has 0 fully saturated rings. The highest BCUT2D eigenvalue weighted by atomic mass is 16.5. The van der Waals surface area contributed by atoms with Gasteiger partial charge in [0.05, 0.1) is 25.3 Å². The molecule has 8 nitrogen and oxygen atoms in total. The number of amides is 1. The Kier molecular flexibility index (Phi) is 6.83. The maximum absolute atomic E-state index is 12.5. The standard InChI is InChI=1S/C24H18N2O6/c1-30-23(28)15-7-9-17(10-8-15)26-22(27)16(14-25)13-18-11-12-21(32-18)19-5-3-4-6-20(19)24(29)31-2/h3-13H,1-2H3,(H,26,27). The van der Waals surface area contributed by atoms with Gasteiger partial charge in [-0.1, -0.05) is 18.2 Å². The third-order valence-corrected chi connectivity index (χ3v) is 4.44. The second-order valence-corrected chi connectivity index (χ2v) is 6.43. The van der Waals surface area contributed by atoms with Gasteiger partial charge in [0.2, 0.25) is 0 Å². The van der Waals surface area contributed by atoms with Crippen molar-refractivity contribution in [2.24, 2.45) is 0 Å². The molecule has 1 heterocycles. The molecule has 0 aliphatic carbocycles. The first-order valence-corrected chi connectivity index (χ1v) is 9.36. The number of methoxy groups -OCH3 is 2. The normalized spacial score (nSPS) is 10.7. The number of esters is 2. The first kappa shape index (κ1) is 22.1. The van der Waals surface area contributed by atoms with Crippen molar-refractivity contribution in [3.63, 3.8) is 0 Å². The van der Waals surface area contributed by atoms with Crippen LogP contribution in [0.4, 0.5) is 5.69 Å². The first-order valence-electron chi connectivity index (χ1n) is 9.36. The van der Waals surface area contributed by atoms with E-state index in [1.807, 2.05) is 6.07 Å². The molecule has 0 saturated heterocycles. The largest absolute Gasteiger partial charge is 0.465 e. The molecule has 1 amide bonds. The van der Waals surface area contributed by atoms with Crippen molar-refractivity contribution in [1.82, 2.24) is 0 Å². The van der Waals surface area contributed by atoms with E-state index in [1.54, 1.807) is 36.4 Å². The Balaban J connectivity index is 1.80. The van der Waals surface area contributed by atoms with E-state index in [0.717, 1.165) is 0 Å². The molecule has 0 bridgehead atoms. The van der Waals surface area contributed by atoms with Gasteiger partial charge in [0.15, 0.2) is 0 Å². The fourth-order valence-corrected chi connectivity index (χ4v) is 2.86. The van der Waals surface area contributed by atoms with Gasteiger partial charge in [0.1, 0.15) is 23.2 Å². The van der Waals surface area contributed by atoms with Crippen LogP contribution in [0.5, 0.6) is 0 Å². The van der Waals surface area contributed by atoms with Crippen LogP contribution in [0.2, 0.25) is 0 Å². The maximum Gasteiger partial charge on any atom is 0.338 e. The number of anilines is 1. The number of ether oxygens (including phenoxy) is 2. The lowest BCUT2D eigenvalue weighted by Crippen LogP contribution is -2.13. The lowest BCUT2D eigenvalue weighted by atomic mass is 10.1. The van der Waals surface area contributed by atoms with E-state index in [-0.39, 0.29) is 11.3 Å². The molecule has 3 aromatic rings. The molecule has 0 spiro atoms. The summed E-state index contributed by atoms with van der Waals surface area (Å²) in [7, 11) is 2.56. The fourth-order valence-electron chi connectivity index (χ4n) is 2.86. The van der Waals surface area contributed by atoms with Gasteiger partial charge >= 0.3 is 11.9 Å². The lowest BCUT2D eigenvalue weighted by Gasteiger charge is -2.05. The Hall–Kier alpha value is -4.64. The van der Waals surface area contributed by atoms with Crippen molar-refractivity contribution < 1.29 is 28.3 Å². The summed E-state index contributed by atoms with van der Waals surface area (Å²) >= 11 is 0. The number of carbonyl (C=O) groups is 3. The lowest BCUT2D eigenvalue weighted by molar-refractivity contribution is -0.112. The fraction of sp³-hybridized carbons (Fsp3) is 0.0833. The number of nitrogens with one attached hydrogen (secondary N) is 1. The highest BCUT2D eigenvalue weighted by Gasteiger charge is 2.16. The molecule has 0 unspecified atom stereocenters. The van der Waals surface area contributed by atoms with Crippen LogP contribution in [0, 0.1) is 11.3 Å². The summed E-state index contributed by atoms with van der Waals surface area (Å²) in [6, 6.07) is 17.9. The van der Waals surface area contributed by atoms with E-state index in [4.69, 9.17) is 9.15 Å². The van der Waals surface area contributed by atoms with Gasteiger partial charge in [-0.15, -0.1) is 0 Å². The van der Waals surface area contributed by atoms with Gasteiger partial charge < -0.3 is 19.2 Å². The van der Waals surface area contributed by atoms with Gasteiger partial charge in [-0.3, -0.25) is 4.79 Å². The van der Waals surface area contributed by atoms with E-state index in [1.165, 1.54) is 44.6 Å². The van der Waals surface area contributed by atoms with E-state index in [9.17, 15) is 19.6 Å². The zero-order chi connectivity index (χ0) is 23.1. The molecule has 32 heavy (non-hydrogen) atoms. The van der Waals surface area contributed by atoms with E-state index < -0.39 is 17.8 Å². The summed E-state index contributed by atoms with van der Waals surface area (Å²) in [5, 5.41) is 12.0. The number of hydrogen-bond acceptors (Lipinski definition) is 7. The average molecular weight is 430 g/mol. The minimum Gasteiger partial charge on any atom is -0.465 e. The molecule has 0 radical (unpaired) electrons. The van der Waals surface area contributed by atoms with Crippen LogP contribution in [0.1, 0.15) is 26.5 Å². The zero-order valence-electron chi connectivity index (χ0n) is 17.2. The SMILES string of the molecule is COC(=O)c1ccc(NC(=O)C(C#N)=Cc2ccc(-c3ccccc3C(=O)OC)o2)cc1. The number of furan rings is 1. The molecule has 0 atom stereocenters. The first-order chi connectivity index (χ1) is 15.5. The van der Waals surface area contributed by atoms with Crippen molar-refractivity contribution in [2.75, 3.05) is 19.5 Å². The number of nitrogens with zero attached hydrogens (tertiary/aromatic N) is 1. The average Bonchev–Trinajstić information content (AvgIpc) is 3.30. The van der Waals surface area contributed by atoms with Crippen LogP contribution in [-0.2, 0) is 14.3 Å². The molecule has 0 saturated carbocycles. The molecule has 0 aliphatic rings. The molecule has 0 aliphatic heterocycles. The minimum atomic E-state index is -0.647. The topological polar surface area (TPSA) is 119 Å². The van der Waals surface area contributed by atoms with Gasteiger partial charge in [-0.25, -0.2) is 9.59 Å². The zero-order valence-corrected chi connectivity index (χ0v) is 17.2. The molecule has 1 N–H and O–H groups in total. The number of benzene rings is 2. The Morgan fingerprint density at radius 3 is 2.28 bits per heavy atom. The van der Waals surface area contributed by atoms with Gasteiger partial charge in [-0.05, 0) is 42.5 Å². The quantitative estimate of drug-likeness (QED) is 0.356.